The summed E-state index contributed by atoms with van der Waals surface area (Å²) in [6.45, 7) is 6.30. The second-order valence-corrected chi connectivity index (χ2v) is 9.96. The molecule has 11 heteroatoms. The molecule has 2 fully saturated rings. The molecule has 2 saturated heterocycles. The Hall–Kier alpha value is -1.98. The van der Waals surface area contributed by atoms with Gasteiger partial charge in [0.05, 0.1) is 11.4 Å². The third kappa shape index (κ3) is 3.44. The molecule has 0 saturated carbocycles. The van der Waals surface area contributed by atoms with Gasteiger partial charge < -0.3 is 4.57 Å². The van der Waals surface area contributed by atoms with Gasteiger partial charge in [0.25, 0.3) is 0 Å². The fourth-order valence-corrected chi connectivity index (χ4v) is 5.95. The zero-order chi connectivity index (χ0) is 21.2. The minimum Gasteiger partial charge on any atom is -0.334 e. The van der Waals surface area contributed by atoms with Crippen LogP contribution in [0.1, 0.15) is 22.9 Å². The number of imidazole rings is 1. The van der Waals surface area contributed by atoms with Crippen LogP contribution >= 0.6 is 0 Å². The summed E-state index contributed by atoms with van der Waals surface area (Å²) in [6.07, 6.45) is -2.76. The van der Waals surface area contributed by atoms with Crippen LogP contribution in [-0.4, -0.2) is 58.3 Å². The van der Waals surface area contributed by atoms with Gasteiger partial charge in [-0.05, 0) is 26.0 Å². The number of sulfonamides is 1. The lowest BCUT2D eigenvalue weighted by molar-refractivity contribution is -0.141. The Morgan fingerprint density at radius 1 is 1.14 bits per heavy atom. The molecule has 1 spiro atoms. The van der Waals surface area contributed by atoms with Gasteiger partial charge in [-0.25, -0.2) is 18.4 Å². The fourth-order valence-electron chi connectivity index (χ4n) is 4.13. The van der Waals surface area contributed by atoms with Gasteiger partial charge in [0.15, 0.2) is 0 Å². The van der Waals surface area contributed by atoms with E-state index in [1.165, 1.54) is 11.2 Å². The number of halogens is 3. The quantitative estimate of drug-likeness (QED) is 0.743. The standard InChI is InChI=1S/C18H22F3N5O2S/c1-12-15(4-5-16(23-12)18(19,20)21)29(27,28)26-10-17(11-26)8-25(9-17)7-14-6-22-13(2)24(14)3/h4-6H,7-11H2,1-3H3. The number of alkyl halides is 3. The van der Waals surface area contributed by atoms with Crippen LogP contribution in [0.5, 0.6) is 0 Å². The lowest BCUT2D eigenvalue weighted by Crippen LogP contribution is -2.72. The first-order valence-corrected chi connectivity index (χ1v) is 10.6. The summed E-state index contributed by atoms with van der Waals surface area (Å²) in [5.41, 5.74) is -0.197. The van der Waals surface area contributed by atoms with E-state index in [4.69, 9.17) is 0 Å². The molecule has 2 aromatic rings. The highest BCUT2D eigenvalue weighted by Gasteiger charge is 2.55. The fraction of sp³-hybridized carbons (Fsp3) is 0.556. The lowest BCUT2D eigenvalue weighted by Gasteiger charge is -2.59. The van der Waals surface area contributed by atoms with Crippen molar-refractivity contribution in [2.75, 3.05) is 26.2 Å². The minimum absolute atomic E-state index is 0.0754. The van der Waals surface area contributed by atoms with Gasteiger partial charge in [-0.2, -0.15) is 17.5 Å². The maximum Gasteiger partial charge on any atom is 0.433 e. The third-order valence-corrected chi connectivity index (χ3v) is 7.71. The SMILES string of the molecule is Cc1nc(C(F)(F)F)ccc1S(=O)(=O)N1CC2(CN(Cc3cnc(C)n3C)C2)C1. The molecule has 2 aliphatic rings. The molecule has 2 aromatic heterocycles. The highest BCUT2D eigenvalue weighted by molar-refractivity contribution is 7.89. The Morgan fingerprint density at radius 2 is 1.79 bits per heavy atom. The van der Waals surface area contributed by atoms with Crippen molar-refractivity contribution in [2.45, 2.75) is 31.5 Å². The largest absolute Gasteiger partial charge is 0.433 e. The number of hydrogen-bond acceptors (Lipinski definition) is 5. The van der Waals surface area contributed by atoms with E-state index in [2.05, 4.69) is 14.9 Å². The molecule has 7 nitrogen and oxygen atoms in total. The Morgan fingerprint density at radius 3 is 2.31 bits per heavy atom. The molecule has 0 bridgehead atoms. The van der Waals surface area contributed by atoms with E-state index in [9.17, 15) is 21.6 Å². The molecule has 158 valence electrons. The number of hydrogen-bond donors (Lipinski definition) is 0. The highest BCUT2D eigenvalue weighted by Crippen LogP contribution is 2.43. The number of aryl methyl sites for hydroxylation is 2. The van der Waals surface area contributed by atoms with Crippen molar-refractivity contribution in [3.8, 4) is 0 Å². The summed E-state index contributed by atoms with van der Waals surface area (Å²) in [6, 6.07) is 1.72. The monoisotopic (exact) mass is 429 g/mol. The molecule has 0 aromatic carbocycles. The van der Waals surface area contributed by atoms with Gasteiger partial charge >= 0.3 is 6.18 Å². The average molecular weight is 429 g/mol. The predicted octanol–water partition coefficient (Wildman–Crippen LogP) is 1.96. The summed E-state index contributed by atoms with van der Waals surface area (Å²) in [7, 11) is -1.89. The summed E-state index contributed by atoms with van der Waals surface area (Å²) >= 11 is 0. The predicted molar refractivity (Wildman–Crippen MR) is 98.4 cm³/mol. The van der Waals surface area contributed by atoms with Crippen molar-refractivity contribution in [1.82, 2.24) is 23.7 Å². The van der Waals surface area contributed by atoms with E-state index in [0.29, 0.717) is 13.1 Å². The average Bonchev–Trinajstić information content (AvgIpc) is 2.86. The Bertz CT molecular complexity index is 1050. The van der Waals surface area contributed by atoms with Crippen molar-refractivity contribution < 1.29 is 21.6 Å². The van der Waals surface area contributed by atoms with E-state index >= 15 is 0 Å². The number of nitrogens with zero attached hydrogens (tertiary/aromatic N) is 5. The summed E-state index contributed by atoms with van der Waals surface area (Å²) < 4.78 is 67.3. The molecule has 0 radical (unpaired) electrons. The second kappa shape index (κ2) is 6.51. The smallest absolute Gasteiger partial charge is 0.334 e. The van der Waals surface area contributed by atoms with Crippen LogP contribution in [0.25, 0.3) is 0 Å². The molecular formula is C18H22F3N5O2S. The van der Waals surface area contributed by atoms with Crippen molar-refractivity contribution in [3.63, 3.8) is 0 Å². The molecule has 4 rings (SSSR count). The molecule has 0 unspecified atom stereocenters. The maximum atomic E-state index is 12.8. The van der Waals surface area contributed by atoms with E-state index in [1.807, 2.05) is 24.7 Å². The summed E-state index contributed by atoms with van der Waals surface area (Å²) in [5.74, 6) is 0.941. The van der Waals surface area contributed by atoms with E-state index < -0.39 is 21.9 Å². The van der Waals surface area contributed by atoms with Gasteiger partial charge in [-0.1, -0.05) is 0 Å². The molecule has 0 atom stereocenters. The van der Waals surface area contributed by atoms with Gasteiger partial charge in [-0.3, -0.25) is 4.90 Å². The Kier molecular flexibility index (Phi) is 4.56. The summed E-state index contributed by atoms with van der Waals surface area (Å²) in [4.78, 5) is 9.80. The highest BCUT2D eigenvalue weighted by atomic mass is 32.2. The van der Waals surface area contributed by atoms with E-state index in [0.717, 1.165) is 43.3 Å². The molecule has 2 aliphatic heterocycles. The van der Waals surface area contributed by atoms with Crippen LogP contribution in [0.4, 0.5) is 13.2 Å². The van der Waals surface area contributed by atoms with Crippen molar-refractivity contribution in [2.24, 2.45) is 12.5 Å². The zero-order valence-electron chi connectivity index (χ0n) is 16.4. The van der Waals surface area contributed by atoms with Gasteiger partial charge in [0, 0.05) is 51.4 Å². The van der Waals surface area contributed by atoms with Crippen LogP contribution in [-0.2, 0) is 29.8 Å². The number of likely N-dealkylation sites (tertiary alicyclic amines) is 1. The van der Waals surface area contributed by atoms with Crippen LogP contribution in [0.15, 0.2) is 23.2 Å². The zero-order valence-corrected chi connectivity index (χ0v) is 17.2. The first-order chi connectivity index (χ1) is 13.4. The van der Waals surface area contributed by atoms with E-state index in [-0.39, 0.29) is 16.0 Å². The number of aromatic nitrogens is 3. The molecule has 0 aliphatic carbocycles. The first kappa shape index (κ1) is 20.3. The first-order valence-electron chi connectivity index (χ1n) is 9.16. The minimum atomic E-state index is -4.60. The molecule has 29 heavy (non-hydrogen) atoms. The third-order valence-electron chi connectivity index (χ3n) is 5.79. The molecule has 0 amide bonds. The second-order valence-electron chi connectivity index (χ2n) is 8.05. The Labute approximate surface area is 167 Å². The number of rotatable bonds is 4. The van der Waals surface area contributed by atoms with Gasteiger partial charge in [0.1, 0.15) is 16.4 Å². The van der Waals surface area contributed by atoms with Crippen molar-refractivity contribution in [3.05, 3.63) is 41.2 Å². The lowest BCUT2D eigenvalue weighted by atomic mass is 9.74. The Balaban J connectivity index is 1.39. The van der Waals surface area contributed by atoms with Crippen LogP contribution < -0.4 is 0 Å². The van der Waals surface area contributed by atoms with Crippen molar-refractivity contribution in [1.29, 1.82) is 0 Å². The normalized spacial score (nSPS) is 19.9. The van der Waals surface area contributed by atoms with E-state index in [1.54, 1.807) is 0 Å². The van der Waals surface area contributed by atoms with Crippen LogP contribution in [0.2, 0.25) is 0 Å². The molecular weight excluding hydrogens is 407 g/mol. The molecule has 0 N–H and O–H groups in total. The van der Waals surface area contributed by atoms with Crippen molar-refractivity contribution >= 4 is 10.0 Å². The van der Waals surface area contributed by atoms with Gasteiger partial charge in [-0.15, -0.1) is 0 Å². The summed E-state index contributed by atoms with van der Waals surface area (Å²) in [5, 5.41) is 0. The van der Waals surface area contributed by atoms with Crippen LogP contribution in [0.3, 0.4) is 0 Å². The number of pyridine rings is 1. The topological polar surface area (TPSA) is 71.3 Å². The van der Waals surface area contributed by atoms with Crippen LogP contribution in [0, 0.1) is 19.3 Å². The maximum absolute atomic E-state index is 12.8. The molecule has 4 heterocycles. The van der Waals surface area contributed by atoms with Gasteiger partial charge in [0.2, 0.25) is 10.0 Å².